The van der Waals surface area contributed by atoms with Gasteiger partial charge in [0.05, 0.1) is 19.8 Å². The molecule has 1 aliphatic rings. The quantitative estimate of drug-likeness (QED) is 0.493. The standard InChI is InChI=1S/C11H19N3O5/c1-3-19-10(16)8(12)9(15)14-5-4-7(6-14)13-11(17)18-2/h7-8H,3-6,12H2,1-2H3,(H,13,17). The molecule has 3 N–H and O–H groups in total. The van der Waals surface area contributed by atoms with Gasteiger partial charge in [0.2, 0.25) is 0 Å². The average Bonchev–Trinajstić information content (AvgIpc) is 2.85. The summed E-state index contributed by atoms with van der Waals surface area (Å²) in [4.78, 5) is 35.7. The van der Waals surface area contributed by atoms with Gasteiger partial charge in [0.25, 0.3) is 5.91 Å². The van der Waals surface area contributed by atoms with E-state index < -0.39 is 24.0 Å². The van der Waals surface area contributed by atoms with E-state index in [0.29, 0.717) is 19.5 Å². The molecule has 2 atom stereocenters. The number of carbonyl (C=O) groups excluding carboxylic acids is 3. The highest BCUT2D eigenvalue weighted by atomic mass is 16.5. The first-order chi connectivity index (χ1) is 8.99. The van der Waals surface area contributed by atoms with Crippen molar-refractivity contribution >= 4 is 18.0 Å². The summed E-state index contributed by atoms with van der Waals surface area (Å²) in [6.07, 6.45) is 0.0464. The van der Waals surface area contributed by atoms with Crippen LogP contribution in [0.2, 0.25) is 0 Å². The van der Waals surface area contributed by atoms with Crippen molar-refractivity contribution in [1.29, 1.82) is 0 Å². The minimum atomic E-state index is -1.31. The summed E-state index contributed by atoms with van der Waals surface area (Å²) in [5.74, 6) is -1.23. The number of likely N-dealkylation sites (tertiary alicyclic amines) is 1. The van der Waals surface area contributed by atoms with E-state index in [0.717, 1.165) is 0 Å². The van der Waals surface area contributed by atoms with E-state index >= 15 is 0 Å². The van der Waals surface area contributed by atoms with Crippen molar-refractivity contribution in [2.24, 2.45) is 5.73 Å². The normalized spacial score (nSPS) is 19.7. The van der Waals surface area contributed by atoms with Crippen molar-refractivity contribution < 1.29 is 23.9 Å². The topological polar surface area (TPSA) is 111 Å². The molecule has 1 aliphatic heterocycles. The van der Waals surface area contributed by atoms with Gasteiger partial charge in [-0.3, -0.25) is 4.79 Å². The van der Waals surface area contributed by atoms with Gasteiger partial charge in [-0.05, 0) is 13.3 Å². The maximum Gasteiger partial charge on any atom is 0.407 e. The Morgan fingerprint density at radius 3 is 2.74 bits per heavy atom. The summed E-state index contributed by atoms with van der Waals surface area (Å²) >= 11 is 0. The summed E-state index contributed by atoms with van der Waals surface area (Å²) in [5.41, 5.74) is 5.52. The third-order valence-electron chi connectivity index (χ3n) is 2.81. The van der Waals surface area contributed by atoms with Gasteiger partial charge in [-0.1, -0.05) is 0 Å². The molecule has 2 amide bonds. The molecule has 0 spiro atoms. The summed E-state index contributed by atoms with van der Waals surface area (Å²) in [7, 11) is 1.27. The Hall–Kier alpha value is -1.83. The van der Waals surface area contributed by atoms with Gasteiger partial charge in [-0.2, -0.15) is 0 Å². The van der Waals surface area contributed by atoms with E-state index in [-0.39, 0.29) is 12.6 Å². The lowest BCUT2D eigenvalue weighted by Crippen LogP contribution is -2.49. The Morgan fingerprint density at radius 1 is 1.47 bits per heavy atom. The first kappa shape index (κ1) is 15.2. The second-order valence-corrected chi connectivity index (χ2v) is 4.14. The van der Waals surface area contributed by atoms with E-state index in [9.17, 15) is 14.4 Å². The van der Waals surface area contributed by atoms with Crippen molar-refractivity contribution in [1.82, 2.24) is 10.2 Å². The van der Waals surface area contributed by atoms with Crippen LogP contribution in [-0.2, 0) is 19.1 Å². The second kappa shape index (κ2) is 6.93. The molecule has 0 aliphatic carbocycles. The number of nitrogens with one attached hydrogen (secondary N) is 1. The predicted molar refractivity (Wildman–Crippen MR) is 65.1 cm³/mol. The lowest BCUT2D eigenvalue weighted by molar-refractivity contribution is -0.150. The Morgan fingerprint density at radius 2 is 2.16 bits per heavy atom. The Balaban J connectivity index is 2.47. The van der Waals surface area contributed by atoms with Gasteiger partial charge in [0.15, 0.2) is 6.04 Å². The van der Waals surface area contributed by atoms with Crippen molar-refractivity contribution in [3.05, 3.63) is 0 Å². The zero-order valence-corrected chi connectivity index (χ0v) is 11.0. The molecule has 8 nitrogen and oxygen atoms in total. The summed E-state index contributed by atoms with van der Waals surface area (Å²) in [6.45, 7) is 2.55. The number of nitrogens with two attached hydrogens (primary N) is 1. The number of ether oxygens (including phenoxy) is 2. The number of carbonyl (C=O) groups is 3. The van der Waals surface area contributed by atoms with Crippen LogP contribution in [-0.4, -0.2) is 61.8 Å². The fourth-order valence-corrected chi connectivity index (χ4v) is 1.83. The molecule has 0 saturated carbocycles. The van der Waals surface area contributed by atoms with Crippen LogP contribution in [0.25, 0.3) is 0 Å². The highest BCUT2D eigenvalue weighted by molar-refractivity contribution is 6.01. The molecule has 1 heterocycles. The van der Waals surface area contributed by atoms with Crippen LogP contribution in [0, 0.1) is 0 Å². The van der Waals surface area contributed by atoms with Crippen LogP contribution in [0.5, 0.6) is 0 Å². The molecule has 1 rings (SSSR count). The monoisotopic (exact) mass is 273 g/mol. The Kier molecular flexibility index (Phi) is 5.56. The third-order valence-corrected chi connectivity index (χ3v) is 2.81. The number of esters is 1. The van der Waals surface area contributed by atoms with E-state index in [1.165, 1.54) is 12.0 Å². The molecule has 0 aromatic carbocycles. The number of rotatable bonds is 4. The minimum Gasteiger partial charge on any atom is -0.464 e. The first-order valence-electron chi connectivity index (χ1n) is 6.05. The third kappa shape index (κ3) is 4.09. The molecular formula is C11H19N3O5. The van der Waals surface area contributed by atoms with Crippen LogP contribution >= 0.6 is 0 Å². The van der Waals surface area contributed by atoms with Gasteiger partial charge in [0.1, 0.15) is 0 Å². The van der Waals surface area contributed by atoms with Crippen LogP contribution in [0.4, 0.5) is 4.79 Å². The minimum absolute atomic E-state index is 0.173. The highest BCUT2D eigenvalue weighted by Gasteiger charge is 2.33. The van der Waals surface area contributed by atoms with Gasteiger partial charge in [0, 0.05) is 13.1 Å². The molecule has 0 aromatic heterocycles. The molecule has 8 heteroatoms. The predicted octanol–water partition coefficient (Wildman–Crippen LogP) is -1.17. The van der Waals surface area contributed by atoms with Crippen LogP contribution in [0.15, 0.2) is 0 Å². The fourth-order valence-electron chi connectivity index (χ4n) is 1.83. The number of alkyl carbamates (subject to hydrolysis) is 1. The highest BCUT2D eigenvalue weighted by Crippen LogP contribution is 2.10. The van der Waals surface area contributed by atoms with Crippen molar-refractivity contribution in [3.8, 4) is 0 Å². The zero-order chi connectivity index (χ0) is 14.4. The van der Waals surface area contributed by atoms with Gasteiger partial charge in [-0.15, -0.1) is 0 Å². The summed E-state index contributed by atoms with van der Waals surface area (Å²) in [5, 5.41) is 2.59. The van der Waals surface area contributed by atoms with E-state index in [1.807, 2.05) is 0 Å². The maximum atomic E-state index is 11.9. The molecule has 1 fully saturated rings. The summed E-state index contributed by atoms with van der Waals surface area (Å²) < 4.78 is 9.17. The van der Waals surface area contributed by atoms with Crippen LogP contribution in [0.1, 0.15) is 13.3 Å². The summed E-state index contributed by atoms with van der Waals surface area (Å²) in [6, 6.07) is -1.50. The van der Waals surface area contributed by atoms with E-state index in [2.05, 4.69) is 10.1 Å². The van der Waals surface area contributed by atoms with Crippen LogP contribution < -0.4 is 11.1 Å². The molecule has 0 aromatic rings. The number of hydrogen-bond acceptors (Lipinski definition) is 6. The van der Waals surface area contributed by atoms with Gasteiger partial charge >= 0.3 is 12.1 Å². The smallest absolute Gasteiger partial charge is 0.407 e. The number of nitrogens with zero attached hydrogens (tertiary/aromatic N) is 1. The van der Waals surface area contributed by atoms with E-state index in [1.54, 1.807) is 6.92 Å². The van der Waals surface area contributed by atoms with Gasteiger partial charge in [-0.25, -0.2) is 9.59 Å². The average molecular weight is 273 g/mol. The SMILES string of the molecule is CCOC(=O)C(N)C(=O)N1CCC(NC(=O)OC)C1. The van der Waals surface area contributed by atoms with Crippen LogP contribution in [0.3, 0.4) is 0 Å². The van der Waals surface area contributed by atoms with E-state index in [4.69, 9.17) is 10.5 Å². The fraction of sp³-hybridized carbons (Fsp3) is 0.727. The first-order valence-corrected chi connectivity index (χ1v) is 6.05. The largest absolute Gasteiger partial charge is 0.464 e. The number of amides is 2. The lowest BCUT2D eigenvalue weighted by atomic mass is 10.2. The van der Waals surface area contributed by atoms with Crippen molar-refractivity contribution in [3.63, 3.8) is 0 Å². The zero-order valence-electron chi connectivity index (χ0n) is 11.0. The molecular weight excluding hydrogens is 254 g/mol. The number of hydrogen-bond donors (Lipinski definition) is 2. The second-order valence-electron chi connectivity index (χ2n) is 4.14. The number of methoxy groups -OCH3 is 1. The molecule has 1 saturated heterocycles. The lowest BCUT2D eigenvalue weighted by Gasteiger charge is -2.20. The molecule has 19 heavy (non-hydrogen) atoms. The Bertz CT molecular complexity index is 360. The van der Waals surface area contributed by atoms with Crippen molar-refractivity contribution in [2.75, 3.05) is 26.8 Å². The molecule has 108 valence electrons. The molecule has 0 radical (unpaired) electrons. The maximum absolute atomic E-state index is 11.9. The molecule has 2 unspecified atom stereocenters. The van der Waals surface area contributed by atoms with Gasteiger partial charge < -0.3 is 25.4 Å². The molecule has 0 bridgehead atoms. The van der Waals surface area contributed by atoms with Crippen molar-refractivity contribution in [2.45, 2.75) is 25.4 Å². The Labute approximate surface area is 111 Å².